The molecule has 1 N–H and O–H groups in total. The molecule has 2 aliphatic rings. The summed E-state index contributed by atoms with van der Waals surface area (Å²) in [6, 6.07) is 5.77. The Morgan fingerprint density at radius 3 is 1.91 bits per heavy atom. The summed E-state index contributed by atoms with van der Waals surface area (Å²) < 4.78 is 5.41. The molecule has 2 fully saturated rings. The van der Waals surface area contributed by atoms with Crippen LogP contribution >= 0.6 is 0 Å². The summed E-state index contributed by atoms with van der Waals surface area (Å²) >= 11 is 0. The second kappa shape index (κ2) is 4.18. The third kappa shape index (κ3) is 1.46. The van der Waals surface area contributed by atoms with Crippen molar-refractivity contribution >= 4 is 17.5 Å². The maximum atomic E-state index is 12.8. The highest BCUT2D eigenvalue weighted by Crippen LogP contribution is 2.69. The molecule has 1 aromatic carbocycles. The van der Waals surface area contributed by atoms with Gasteiger partial charge in [-0.3, -0.25) is 14.4 Å². The van der Waals surface area contributed by atoms with Gasteiger partial charge in [0, 0.05) is 0 Å². The molecule has 0 radical (unpaired) electrons. The molecule has 116 valence electrons. The molecular weight excluding hydrogens is 284 g/mol. The monoisotopic (exact) mass is 302 g/mol. The van der Waals surface area contributed by atoms with E-state index in [-0.39, 0.29) is 11.5 Å². The standard InChI is InChI=1S/C17H18O5/c1-15-8-9-16(2,13(20)12(15)19)17(15,3)14(21)22-11-6-4-10(18)5-7-11/h4-7,18H,8-9H2,1-3H3. The average Bonchev–Trinajstić information content (AvgIpc) is 2.76. The van der Waals surface area contributed by atoms with Crippen LogP contribution in [-0.2, 0) is 14.4 Å². The van der Waals surface area contributed by atoms with E-state index < -0.39 is 33.8 Å². The summed E-state index contributed by atoms with van der Waals surface area (Å²) in [6.45, 7) is 5.03. The lowest BCUT2D eigenvalue weighted by Gasteiger charge is -2.36. The fraction of sp³-hybridized carbons (Fsp3) is 0.471. The number of benzene rings is 1. The van der Waals surface area contributed by atoms with E-state index in [4.69, 9.17) is 4.74 Å². The van der Waals surface area contributed by atoms with Crippen molar-refractivity contribution in [3.05, 3.63) is 24.3 Å². The first-order valence-corrected chi connectivity index (χ1v) is 7.27. The summed E-state index contributed by atoms with van der Waals surface area (Å²) in [5, 5.41) is 9.27. The first-order chi connectivity index (χ1) is 10.2. The van der Waals surface area contributed by atoms with Gasteiger partial charge in [0.1, 0.15) is 11.5 Å². The van der Waals surface area contributed by atoms with E-state index in [0.717, 1.165) is 0 Å². The number of phenols is 1. The third-order valence-electron chi connectivity index (χ3n) is 6.00. The van der Waals surface area contributed by atoms with Gasteiger partial charge in [-0.2, -0.15) is 0 Å². The number of aromatic hydroxyl groups is 1. The SMILES string of the molecule is CC12CCC(C)(C(=O)C1=O)C2(C)C(=O)Oc1ccc(O)cc1. The van der Waals surface area contributed by atoms with Crippen molar-refractivity contribution < 1.29 is 24.2 Å². The Morgan fingerprint density at radius 1 is 1.00 bits per heavy atom. The number of phenolic OH excluding ortho intramolecular Hbond substituents is 1. The molecule has 0 aromatic heterocycles. The highest BCUT2D eigenvalue weighted by Gasteiger charge is 2.78. The van der Waals surface area contributed by atoms with Crippen LogP contribution in [0, 0.1) is 16.2 Å². The summed E-state index contributed by atoms with van der Waals surface area (Å²) in [4.78, 5) is 37.4. The Morgan fingerprint density at radius 2 is 1.45 bits per heavy atom. The predicted molar refractivity (Wildman–Crippen MR) is 77.3 cm³/mol. The second-order valence-corrected chi connectivity index (χ2v) is 6.83. The van der Waals surface area contributed by atoms with Crippen LogP contribution in [0.4, 0.5) is 0 Å². The number of hydrogen-bond acceptors (Lipinski definition) is 5. The number of carbonyl (C=O) groups excluding carboxylic acids is 3. The molecule has 1 aromatic rings. The van der Waals surface area contributed by atoms with E-state index in [1.165, 1.54) is 24.3 Å². The number of esters is 1. The van der Waals surface area contributed by atoms with E-state index in [1.54, 1.807) is 20.8 Å². The number of Topliss-reactive ketones (excluding diaryl/α,β-unsaturated/α-hetero) is 2. The zero-order valence-electron chi connectivity index (χ0n) is 12.8. The van der Waals surface area contributed by atoms with Crippen LogP contribution in [0.3, 0.4) is 0 Å². The summed E-state index contributed by atoms with van der Waals surface area (Å²) in [5.74, 6) is -1.16. The number of ether oxygens (including phenoxy) is 1. The van der Waals surface area contributed by atoms with Gasteiger partial charge in [0.05, 0.1) is 16.2 Å². The van der Waals surface area contributed by atoms with Gasteiger partial charge in [-0.05, 0) is 44.0 Å². The van der Waals surface area contributed by atoms with Crippen molar-refractivity contribution in [3.63, 3.8) is 0 Å². The summed E-state index contributed by atoms with van der Waals surface area (Å²) in [7, 11) is 0. The van der Waals surface area contributed by atoms with Crippen molar-refractivity contribution in [3.8, 4) is 11.5 Å². The van der Waals surface area contributed by atoms with E-state index in [1.807, 2.05) is 0 Å². The molecule has 2 saturated carbocycles. The van der Waals surface area contributed by atoms with Gasteiger partial charge in [0.15, 0.2) is 0 Å². The maximum absolute atomic E-state index is 12.8. The molecule has 0 aliphatic heterocycles. The molecule has 5 nitrogen and oxygen atoms in total. The maximum Gasteiger partial charge on any atom is 0.319 e. The third-order valence-corrected chi connectivity index (χ3v) is 6.00. The number of rotatable bonds is 2. The molecule has 0 spiro atoms. The zero-order chi connectivity index (χ0) is 16.3. The van der Waals surface area contributed by atoms with Crippen LogP contribution in [0.2, 0.25) is 0 Å². The predicted octanol–water partition coefficient (Wildman–Crippen LogP) is 2.26. The Bertz CT molecular complexity index is 662. The van der Waals surface area contributed by atoms with Gasteiger partial charge in [-0.1, -0.05) is 13.8 Å². The number of ketones is 2. The average molecular weight is 302 g/mol. The van der Waals surface area contributed by atoms with Crippen LogP contribution in [0.5, 0.6) is 11.5 Å². The van der Waals surface area contributed by atoms with Gasteiger partial charge in [-0.25, -0.2) is 0 Å². The Kier molecular flexibility index (Phi) is 2.81. The number of carbonyl (C=O) groups is 3. The van der Waals surface area contributed by atoms with Gasteiger partial charge < -0.3 is 9.84 Å². The molecule has 0 heterocycles. The van der Waals surface area contributed by atoms with Crippen molar-refractivity contribution in [1.82, 2.24) is 0 Å². The molecule has 2 bridgehead atoms. The molecule has 22 heavy (non-hydrogen) atoms. The fourth-order valence-corrected chi connectivity index (χ4v) is 3.97. The van der Waals surface area contributed by atoms with Gasteiger partial charge in [0.25, 0.3) is 0 Å². The van der Waals surface area contributed by atoms with Crippen LogP contribution in [0.1, 0.15) is 33.6 Å². The highest BCUT2D eigenvalue weighted by atomic mass is 16.5. The smallest absolute Gasteiger partial charge is 0.319 e. The minimum absolute atomic E-state index is 0.0659. The van der Waals surface area contributed by atoms with Crippen molar-refractivity contribution in [1.29, 1.82) is 0 Å². The molecule has 2 unspecified atom stereocenters. The van der Waals surface area contributed by atoms with Crippen molar-refractivity contribution in [2.45, 2.75) is 33.6 Å². The first-order valence-electron chi connectivity index (χ1n) is 7.27. The Hall–Kier alpha value is -2.17. The topological polar surface area (TPSA) is 80.7 Å². The molecule has 0 saturated heterocycles. The minimum Gasteiger partial charge on any atom is -0.508 e. The van der Waals surface area contributed by atoms with E-state index in [9.17, 15) is 19.5 Å². The Balaban J connectivity index is 1.99. The highest BCUT2D eigenvalue weighted by molar-refractivity contribution is 6.45. The zero-order valence-corrected chi connectivity index (χ0v) is 12.8. The minimum atomic E-state index is -1.17. The number of hydrogen-bond donors (Lipinski definition) is 1. The van der Waals surface area contributed by atoms with Crippen LogP contribution in [0.25, 0.3) is 0 Å². The number of fused-ring (bicyclic) bond motifs is 2. The molecule has 3 rings (SSSR count). The molecular formula is C17H18O5. The quantitative estimate of drug-likeness (QED) is 0.515. The lowest BCUT2D eigenvalue weighted by Crippen LogP contribution is -2.47. The summed E-state index contributed by atoms with van der Waals surface area (Å²) in [6.07, 6.45) is 1.02. The largest absolute Gasteiger partial charge is 0.508 e. The first kappa shape index (κ1) is 14.8. The second-order valence-electron chi connectivity index (χ2n) is 6.83. The van der Waals surface area contributed by atoms with E-state index in [0.29, 0.717) is 12.8 Å². The molecule has 2 atom stereocenters. The lowest BCUT2D eigenvalue weighted by atomic mass is 9.64. The van der Waals surface area contributed by atoms with Crippen LogP contribution in [0.15, 0.2) is 24.3 Å². The fourth-order valence-electron chi connectivity index (χ4n) is 3.97. The molecule has 2 aliphatic carbocycles. The van der Waals surface area contributed by atoms with Gasteiger partial charge in [0.2, 0.25) is 11.6 Å². The van der Waals surface area contributed by atoms with E-state index >= 15 is 0 Å². The van der Waals surface area contributed by atoms with Crippen LogP contribution < -0.4 is 4.74 Å². The van der Waals surface area contributed by atoms with Gasteiger partial charge >= 0.3 is 5.97 Å². The lowest BCUT2D eigenvalue weighted by molar-refractivity contribution is -0.157. The summed E-state index contributed by atoms with van der Waals surface area (Å²) in [5.41, 5.74) is -3.19. The molecule has 0 amide bonds. The normalized spacial score (nSPS) is 36.7. The Labute approximate surface area is 128 Å². The van der Waals surface area contributed by atoms with Crippen molar-refractivity contribution in [2.24, 2.45) is 16.2 Å². The van der Waals surface area contributed by atoms with Gasteiger partial charge in [-0.15, -0.1) is 0 Å². The molecule has 5 heteroatoms. The van der Waals surface area contributed by atoms with Crippen LogP contribution in [-0.4, -0.2) is 22.6 Å². The van der Waals surface area contributed by atoms with Crippen molar-refractivity contribution in [2.75, 3.05) is 0 Å². The van der Waals surface area contributed by atoms with E-state index in [2.05, 4.69) is 0 Å².